The molecule has 3 aliphatic rings. The first kappa shape index (κ1) is 28.5. The van der Waals surface area contributed by atoms with E-state index < -0.39 is 17.6 Å². The van der Waals surface area contributed by atoms with Crippen LogP contribution in [0, 0.1) is 5.92 Å². The minimum Gasteiger partial charge on any atom is -0.444 e. The molecule has 3 fully saturated rings. The molecule has 4 N–H and O–H groups in total. The van der Waals surface area contributed by atoms with Crippen LogP contribution in [0.5, 0.6) is 0 Å². The molecule has 0 aromatic carbocycles. The SMILES string of the molecule is CC(C)(C)OC(=O)N1CCCC(C(=O)NCCNC[C@H]2O[C@@H](n3cnc4c(N)ncnc43)C3OC(C)(C)OC32)C1. The minimum absolute atomic E-state index is 0.0603. The third kappa shape index (κ3) is 6.14. The molecule has 0 spiro atoms. The van der Waals surface area contributed by atoms with Gasteiger partial charge in [-0.15, -0.1) is 0 Å². The van der Waals surface area contributed by atoms with E-state index in [-0.39, 0.29) is 36.2 Å². The van der Waals surface area contributed by atoms with Crippen molar-refractivity contribution in [2.75, 3.05) is 38.5 Å². The standard InChI is InChI=1S/C26H40N8O6/c1-25(2,3)40-24(36)33-10-6-7-15(12-33)22(35)29-9-8-28-11-16-18-19(39-26(4,5)38-18)23(37-16)34-14-32-17-20(27)30-13-31-21(17)34/h13-16,18-19,23,28H,6-12H2,1-5H3,(H,29,35)(H2,27,30,31)/t15?,16-,18?,19?,23-/m1/s1. The van der Waals surface area contributed by atoms with Crippen LogP contribution in [0.2, 0.25) is 0 Å². The number of nitrogens with one attached hydrogen (secondary N) is 2. The molecule has 0 aliphatic carbocycles. The predicted octanol–water partition coefficient (Wildman–Crippen LogP) is 1.18. The zero-order valence-corrected chi connectivity index (χ0v) is 23.8. The summed E-state index contributed by atoms with van der Waals surface area (Å²) in [5.41, 5.74) is 6.46. The molecule has 2 aromatic rings. The van der Waals surface area contributed by atoms with Crippen LogP contribution >= 0.6 is 0 Å². The van der Waals surface area contributed by atoms with Gasteiger partial charge in [-0.2, -0.15) is 0 Å². The van der Waals surface area contributed by atoms with Crippen molar-refractivity contribution in [1.29, 1.82) is 0 Å². The molecule has 220 valence electrons. The second-order valence-electron chi connectivity index (χ2n) is 12.0. The molecule has 14 heteroatoms. The summed E-state index contributed by atoms with van der Waals surface area (Å²) in [4.78, 5) is 39.5. The number of fused-ring (bicyclic) bond motifs is 2. The monoisotopic (exact) mass is 560 g/mol. The average Bonchev–Trinajstić information content (AvgIpc) is 3.54. The Morgan fingerprint density at radius 1 is 1.18 bits per heavy atom. The number of nitrogens with two attached hydrogens (primary N) is 1. The topological polar surface area (TPSA) is 168 Å². The van der Waals surface area contributed by atoms with Gasteiger partial charge in [0.2, 0.25) is 5.91 Å². The van der Waals surface area contributed by atoms with E-state index in [2.05, 4.69) is 25.6 Å². The number of ether oxygens (including phenoxy) is 4. The fourth-order valence-corrected chi connectivity index (χ4v) is 5.45. The summed E-state index contributed by atoms with van der Waals surface area (Å²) >= 11 is 0. The van der Waals surface area contributed by atoms with E-state index in [1.807, 2.05) is 34.6 Å². The van der Waals surface area contributed by atoms with Crippen LogP contribution in [0.3, 0.4) is 0 Å². The maximum Gasteiger partial charge on any atom is 0.410 e. The van der Waals surface area contributed by atoms with Gasteiger partial charge in [0, 0.05) is 32.7 Å². The summed E-state index contributed by atoms with van der Waals surface area (Å²) in [5.74, 6) is -0.778. The fraction of sp³-hybridized carbons (Fsp3) is 0.731. The lowest BCUT2D eigenvalue weighted by atomic mass is 9.97. The van der Waals surface area contributed by atoms with Gasteiger partial charge in [-0.05, 0) is 47.5 Å². The summed E-state index contributed by atoms with van der Waals surface area (Å²) < 4.78 is 26.0. The second-order valence-corrected chi connectivity index (χ2v) is 12.0. The highest BCUT2D eigenvalue weighted by Gasteiger charge is 2.56. The first-order valence-corrected chi connectivity index (χ1v) is 13.8. The Labute approximate surface area is 233 Å². The number of anilines is 1. The Balaban J connectivity index is 1.12. The highest BCUT2D eigenvalue weighted by Crippen LogP contribution is 2.43. The largest absolute Gasteiger partial charge is 0.444 e. The molecule has 3 aliphatic heterocycles. The Kier molecular flexibility index (Phi) is 7.88. The average molecular weight is 561 g/mol. The number of nitrogen functional groups attached to an aromatic ring is 1. The van der Waals surface area contributed by atoms with Crippen molar-refractivity contribution in [2.45, 2.75) is 83.4 Å². The van der Waals surface area contributed by atoms with Gasteiger partial charge in [0.05, 0.1) is 12.2 Å². The van der Waals surface area contributed by atoms with E-state index in [9.17, 15) is 9.59 Å². The molecule has 2 amide bonds. The molecule has 0 saturated carbocycles. The summed E-state index contributed by atoms with van der Waals surface area (Å²) in [6.07, 6.45) is 2.68. The summed E-state index contributed by atoms with van der Waals surface area (Å²) in [6.45, 7) is 11.7. The first-order valence-electron chi connectivity index (χ1n) is 13.8. The number of hydrogen-bond acceptors (Lipinski definition) is 11. The van der Waals surface area contributed by atoms with Crippen molar-refractivity contribution < 1.29 is 28.5 Å². The number of nitrogens with zero attached hydrogens (tertiary/aromatic N) is 5. The van der Waals surface area contributed by atoms with Crippen LogP contribution in [-0.2, 0) is 23.7 Å². The Morgan fingerprint density at radius 3 is 2.73 bits per heavy atom. The molecule has 5 atom stereocenters. The lowest BCUT2D eigenvalue weighted by molar-refractivity contribution is -0.195. The van der Waals surface area contributed by atoms with E-state index in [4.69, 9.17) is 24.7 Å². The zero-order valence-electron chi connectivity index (χ0n) is 23.8. The van der Waals surface area contributed by atoms with E-state index in [0.29, 0.717) is 49.7 Å². The minimum atomic E-state index is -0.763. The Bertz CT molecular complexity index is 1230. The maximum absolute atomic E-state index is 12.8. The van der Waals surface area contributed by atoms with Crippen LogP contribution in [-0.4, -0.2) is 98.8 Å². The number of carbonyl (C=O) groups excluding carboxylic acids is 2. The van der Waals surface area contributed by atoms with Crippen molar-refractivity contribution in [1.82, 2.24) is 35.1 Å². The van der Waals surface area contributed by atoms with E-state index in [1.54, 1.807) is 15.8 Å². The summed E-state index contributed by atoms with van der Waals surface area (Å²) in [5, 5.41) is 6.35. The smallest absolute Gasteiger partial charge is 0.410 e. The lowest BCUT2D eigenvalue weighted by Gasteiger charge is -2.33. The van der Waals surface area contributed by atoms with Crippen LogP contribution in [0.1, 0.15) is 53.7 Å². The lowest BCUT2D eigenvalue weighted by Crippen LogP contribution is -2.48. The van der Waals surface area contributed by atoms with Gasteiger partial charge in [0.1, 0.15) is 35.8 Å². The number of piperidine rings is 1. The molecule has 14 nitrogen and oxygen atoms in total. The van der Waals surface area contributed by atoms with Gasteiger partial charge in [-0.1, -0.05) is 0 Å². The number of amides is 2. The predicted molar refractivity (Wildman–Crippen MR) is 144 cm³/mol. The summed E-state index contributed by atoms with van der Waals surface area (Å²) in [7, 11) is 0. The van der Waals surface area contributed by atoms with Crippen molar-refractivity contribution >= 4 is 29.0 Å². The maximum atomic E-state index is 12.8. The number of carbonyl (C=O) groups is 2. The molecule has 3 unspecified atom stereocenters. The van der Waals surface area contributed by atoms with Gasteiger partial charge >= 0.3 is 6.09 Å². The molecular weight excluding hydrogens is 520 g/mol. The first-order chi connectivity index (χ1) is 18.9. The van der Waals surface area contributed by atoms with Crippen molar-refractivity contribution in [3.8, 4) is 0 Å². The molecule has 0 radical (unpaired) electrons. The number of likely N-dealkylation sites (tertiary alicyclic amines) is 1. The van der Waals surface area contributed by atoms with Gasteiger partial charge in [-0.3, -0.25) is 9.36 Å². The highest BCUT2D eigenvalue weighted by atomic mass is 16.8. The molecular formula is C26H40N8O6. The van der Waals surface area contributed by atoms with Crippen LogP contribution < -0.4 is 16.4 Å². The highest BCUT2D eigenvalue weighted by molar-refractivity contribution is 5.81. The van der Waals surface area contributed by atoms with Crippen molar-refractivity contribution in [2.24, 2.45) is 5.92 Å². The fourth-order valence-electron chi connectivity index (χ4n) is 5.45. The van der Waals surface area contributed by atoms with E-state index in [0.717, 1.165) is 12.8 Å². The van der Waals surface area contributed by atoms with Gasteiger partial charge in [0.25, 0.3) is 0 Å². The Morgan fingerprint density at radius 2 is 1.95 bits per heavy atom. The van der Waals surface area contributed by atoms with Crippen LogP contribution in [0.15, 0.2) is 12.7 Å². The quantitative estimate of drug-likeness (QED) is 0.416. The molecule has 2 aromatic heterocycles. The number of rotatable bonds is 7. The van der Waals surface area contributed by atoms with E-state index >= 15 is 0 Å². The van der Waals surface area contributed by atoms with Crippen LogP contribution in [0.25, 0.3) is 11.2 Å². The number of imidazole rings is 1. The third-order valence-corrected chi connectivity index (χ3v) is 7.18. The van der Waals surface area contributed by atoms with Crippen molar-refractivity contribution in [3.05, 3.63) is 12.7 Å². The van der Waals surface area contributed by atoms with Gasteiger partial charge in [-0.25, -0.2) is 19.7 Å². The third-order valence-electron chi connectivity index (χ3n) is 7.18. The zero-order chi connectivity index (χ0) is 28.7. The molecule has 40 heavy (non-hydrogen) atoms. The molecule has 5 rings (SSSR count). The van der Waals surface area contributed by atoms with Crippen LogP contribution in [0.4, 0.5) is 10.6 Å². The van der Waals surface area contributed by atoms with E-state index in [1.165, 1.54) is 6.33 Å². The summed E-state index contributed by atoms with van der Waals surface area (Å²) in [6, 6.07) is 0. The number of hydrogen-bond donors (Lipinski definition) is 3. The number of aromatic nitrogens is 4. The van der Waals surface area contributed by atoms with Gasteiger partial charge < -0.3 is 40.2 Å². The molecule has 5 heterocycles. The molecule has 0 bridgehead atoms. The Hall–Kier alpha value is -3.07. The van der Waals surface area contributed by atoms with Crippen molar-refractivity contribution in [3.63, 3.8) is 0 Å². The normalized spacial score (nSPS) is 28.0. The second kappa shape index (κ2) is 11.1. The van der Waals surface area contributed by atoms with Gasteiger partial charge in [0.15, 0.2) is 23.5 Å². The molecule has 3 saturated heterocycles.